The van der Waals surface area contributed by atoms with Gasteiger partial charge in [0.1, 0.15) is 0 Å². The molecule has 6 heteroatoms. The Bertz CT molecular complexity index is 2050. The van der Waals surface area contributed by atoms with Crippen molar-refractivity contribution in [3.63, 3.8) is 0 Å². The van der Waals surface area contributed by atoms with Crippen LogP contribution in [0.1, 0.15) is 63.5 Å². The van der Waals surface area contributed by atoms with Crippen molar-refractivity contribution in [2.24, 2.45) is 5.92 Å². The molecule has 0 saturated heterocycles. The second kappa shape index (κ2) is 17.6. The Kier molecular flexibility index (Phi) is 13.4. The fourth-order valence-corrected chi connectivity index (χ4v) is 9.59. The lowest BCUT2D eigenvalue weighted by Crippen LogP contribution is -2.37. The second-order valence-corrected chi connectivity index (χ2v) is 27.0. The number of halogens is 4. The smallest absolute Gasteiger partial charge is 0.167 e. The van der Waals surface area contributed by atoms with Crippen LogP contribution in [0.3, 0.4) is 0 Å². The lowest BCUT2D eigenvalue weighted by atomic mass is 9.84. The summed E-state index contributed by atoms with van der Waals surface area (Å²) in [4.78, 5) is 0. The van der Waals surface area contributed by atoms with Crippen LogP contribution in [-0.4, -0.2) is 16.1 Å². The molecule has 0 fully saturated rings. The summed E-state index contributed by atoms with van der Waals surface area (Å²) in [6.45, 7) is 18.0. The van der Waals surface area contributed by atoms with Gasteiger partial charge in [0.15, 0.2) is 23.3 Å². The standard InChI is InChI=1S/C24H30F2Si.C24H26F2Si/c2*1-5-6-17-7-9-18(10-8-17)21-15-16-22(24(26)23(21)25)19-11-13-20(14-12-19)27(2,3)4/h9,11-17H,5-8,10H2,1-4H3;7-16H,5-6H2,1-4H3. The normalized spacial score (nSPS) is 14.7. The summed E-state index contributed by atoms with van der Waals surface area (Å²) in [7, 11) is -2.81. The first-order valence-corrected chi connectivity index (χ1v) is 26.6. The van der Waals surface area contributed by atoms with Gasteiger partial charge in [0.2, 0.25) is 0 Å². The maximum Gasteiger partial charge on any atom is 0.167 e. The first-order chi connectivity index (χ1) is 25.6. The number of allylic oxidation sites excluding steroid dienone is 2. The zero-order chi connectivity index (χ0) is 39.2. The highest BCUT2D eigenvalue weighted by Crippen LogP contribution is 2.36. The fourth-order valence-electron chi connectivity index (χ4n) is 7.26. The van der Waals surface area contributed by atoms with E-state index in [4.69, 9.17) is 0 Å². The monoisotopic (exact) mass is 764 g/mol. The predicted octanol–water partition coefficient (Wildman–Crippen LogP) is 14.0. The van der Waals surface area contributed by atoms with E-state index in [1.165, 1.54) is 28.8 Å². The van der Waals surface area contributed by atoms with Crippen LogP contribution >= 0.6 is 0 Å². The van der Waals surface area contributed by atoms with Crippen molar-refractivity contribution in [1.82, 2.24) is 0 Å². The summed E-state index contributed by atoms with van der Waals surface area (Å²) in [6, 6.07) is 30.4. The topological polar surface area (TPSA) is 0 Å². The number of aryl methyl sites for hydroxylation is 1. The minimum atomic E-state index is -1.41. The molecule has 5 aromatic carbocycles. The van der Waals surface area contributed by atoms with Gasteiger partial charge in [0.25, 0.3) is 0 Å². The van der Waals surface area contributed by atoms with Crippen molar-refractivity contribution < 1.29 is 17.6 Å². The summed E-state index contributed by atoms with van der Waals surface area (Å²) in [5.74, 6) is -2.32. The summed E-state index contributed by atoms with van der Waals surface area (Å²) in [6.07, 6.45) is 9.45. The number of hydrogen-bond donors (Lipinski definition) is 0. The van der Waals surface area contributed by atoms with Crippen LogP contribution in [0.4, 0.5) is 17.6 Å². The Hall–Kier alpha value is -4.01. The number of rotatable bonds is 10. The molecule has 5 aromatic rings. The largest absolute Gasteiger partial charge is 0.203 e. The third-order valence-corrected chi connectivity index (χ3v) is 14.8. The zero-order valence-electron chi connectivity index (χ0n) is 33.4. The second-order valence-electron chi connectivity index (χ2n) is 16.8. The van der Waals surface area contributed by atoms with Crippen molar-refractivity contribution in [2.45, 2.75) is 98.1 Å². The number of benzene rings is 5. The van der Waals surface area contributed by atoms with E-state index >= 15 is 0 Å². The Morgan fingerprint density at radius 1 is 0.500 bits per heavy atom. The summed E-state index contributed by atoms with van der Waals surface area (Å²) >= 11 is 0. The van der Waals surface area contributed by atoms with Gasteiger partial charge in [-0.3, -0.25) is 0 Å². The minimum Gasteiger partial charge on any atom is -0.203 e. The van der Waals surface area contributed by atoms with Gasteiger partial charge < -0.3 is 0 Å². The summed E-state index contributed by atoms with van der Waals surface area (Å²) in [5, 5.41) is 2.62. The summed E-state index contributed by atoms with van der Waals surface area (Å²) in [5.41, 5.74) is 5.70. The Morgan fingerprint density at radius 2 is 0.889 bits per heavy atom. The third kappa shape index (κ3) is 9.80. The van der Waals surface area contributed by atoms with E-state index in [1.807, 2.05) is 60.7 Å². The van der Waals surface area contributed by atoms with Crippen LogP contribution in [0.15, 0.2) is 103 Å². The van der Waals surface area contributed by atoms with Crippen molar-refractivity contribution in [2.75, 3.05) is 0 Å². The Labute approximate surface area is 323 Å². The summed E-state index contributed by atoms with van der Waals surface area (Å²) < 4.78 is 59.3. The first-order valence-electron chi connectivity index (χ1n) is 19.6. The molecule has 0 spiro atoms. The van der Waals surface area contributed by atoms with Gasteiger partial charge in [-0.25, -0.2) is 17.6 Å². The lowest BCUT2D eigenvalue weighted by Gasteiger charge is -2.22. The van der Waals surface area contributed by atoms with E-state index in [-0.39, 0.29) is 0 Å². The maximum atomic E-state index is 14.8. The molecule has 0 radical (unpaired) electrons. The minimum absolute atomic E-state index is 0.304. The molecule has 0 heterocycles. The molecular weight excluding hydrogens is 709 g/mol. The van der Waals surface area contributed by atoms with E-state index in [0.29, 0.717) is 39.3 Å². The molecule has 1 aliphatic rings. The molecule has 0 bridgehead atoms. The molecule has 0 aromatic heterocycles. The van der Waals surface area contributed by atoms with Crippen LogP contribution in [0.2, 0.25) is 39.3 Å². The van der Waals surface area contributed by atoms with Crippen molar-refractivity contribution in [3.8, 4) is 33.4 Å². The van der Waals surface area contributed by atoms with E-state index in [0.717, 1.165) is 43.2 Å². The quantitative estimate of drug-likeness (QED) is 0.0981. The number of hydrogen-bond acceptors (Lipinski definition) is 0. The maximum absolute atomic E-state index is 14.8. The third-order valence-electron chi connectivity index (χ3n) is 10.7. The molecule has 284 valence electrons. The van der Waals surface area contributed by atoms with Gasteiger partial charge in [-0.2, -0.15) is 0 Å². The van der Waals surface area contributed by atoms with E-state index in [1.54, 1.807) is 24.3 Å². The zero-order valence-corrected chi connectivity index (χ0v) is 35.4. The van der Waals surface area contributed by atoms with Gasteiger partial charge >= 0.3 is 0 Å². The van der Waals surface area contributed by atoms with Crippen LogP contribution in [0.5, 0.6) is 0 Å². The Balaban J connectivity index is 0.000000208. The highest BCUT2D eigenvalue weighted by Gasteiger charge is 2.22. The van der Waals surface area contributed by atoms with Crippen LogP contribution in [-0.2, 0) is 6.42 Å². The van der Waals surface area contributed by atoms with Crippen molar-refractivity contribution in [1.29, 1.82) is 0 Å². The Morgan fingerprint density at radius 3 is 1.24 bits per heavy atom. The van der Waals surface area contributed by atoms with Gasteiger partial charge in [-0.15, -0.1) is 0 Å². The molecule has 0 N–H and O–H groups in total. The van der Waals surface area contributed by atoms with Crippen LogP contribution in [0.25, 0.3) is 39.0 Å². The van der Waals surface area contributed by atoms with Gasteiger partial charge in [0, 0.05) is 22.3 Å². The highest BCUT2D eigenvalue weighted by molar-refractivity contribution is 6.89. The highest BCUT2D eigenvalue weighted by atomic mass is 28.3. The predicted molar refractivity (Wildman–Crippen MR) is 229 cm³/mol. The molecule has 54 heavy (non-hydrogen) atoms. The van der Waals surface area contributed by atoms with E-state index < -0.39 is 39.4 Å². The molecule has 6 rings (SSSR count). The molecule has 0 amide bonds. The lowest BCUT2D eigenvalue weighted by molar-refractivity contribution is 0.443. The average Bonchev–Trinajstić information content (AvgIpc) is 3.15. The molecule has 1 unspecified atom stereocenters. The van der Waals surface area contributed by atoms with Gasteiger partial charge in [0.05, 0.1) is 16.1 Å². The van der Waals surface area contributed by atoms with Crippen LogP contribution < -0.4 is 10.4 Å². The average molecular weight is 765 g/mol. The molecule has 0 saturated carbocycles. The molecular formula is C48H56F4Si2. The first kappa shape index (κ1) is 41.2. The van der Waals surface area contributed by atoms with E-state index in [2.05, 4.69) is 71.3 Å². The van der Waals surface area contributed by atoms with Crippen LogP contribution in [0, 0.1) is 29.2 Å². The molecule has 0 nitrogen and oxygen atoms in total. The van der Waals surface area contributed by atoms with E-state index in [9.17, 15) is 17.6 Å². The molecule has 1 aliphatic carbocycles. The van der Waals surface area contributed by atoms with Crippen molar-refractivity contribution in [3.05, 3.63) is 138 Å². The molecule has 1 atom stereocenters. The van der Waals surface area contributed by atoms with Gasteiger partial charge in [-0.05, 0) is 59.4 Å². The SMILES string of the molecule is CCCC1CC=C(c2ccc(-c3ccc([Si](C)(C)C)cc3)c(F)c2F)CC1.CCCc1ccc(-c2ccc(-c3ccc([Si](C)(C)C)cc3)c(F)c2F)cc1. The molecule has 0 aliphatic heterocycles. The van der Waals surface area contributed by atoms with Crippen molar-refractivity contribution >= 4 is 32.1 Å². The van der Waals surface area contributed by atoms with Gasteiger partial charge in [-0.1, -0.05) is 186 Å². The fraction of sp³-hybridized carbons (Fsp3) is 0.333.